The Bertz CT molecular complexity index is 363. The normalized spacial score (nSPS) is 13.7. The molecule has 0 fully saturated rings. The van der Waals surface area contributed by atoms with E-state index >= 15 is 0 Å². The molecule has 0 amide bonds. The molecule has 0 aromatic carbocycles. The van der Waals surface area contributed by atoms with E-state index in [1.807, 2.05) is 7.11 Å². The van der Waals surface area contributed by atoms with Gasteiger partial charge in [-0.25, -0.2) is 0 Å². The van der Waals surface area contributed by atoms with Crippen molar-refractivity contribution >= 4 is 38.4 Å². The first-order valence-electron chi connectivity index (χ1n) is 13.4. The third-order valence-electron chi connectivity index (χ3n) is 6.51. The predicted molar refractivity (Wildman–Crippen MR) is 138 cm³/mol. The van der Waals surface area contributed by atoms with Crippen LogP contribution in [-0.4, -0.2) is 52.1 Å². The van der Waals surface area contributed by atoms with Gasteiger partial charge in [-0.2, -0.15) is 0 Å². The van der Waals surface area contributed by atoms with E-state index in [0.717, 1.165) is 6.61 Å². The Hall–Kier alpha value is 1.48. The molecule has 0 aliphatic rings. The number of unbranched alkanes of at least 4 members (excludes halogenated alkanes) is 5. The van der Waals surface area contributed by atoms with Crippen LogP contribution in [0.2, 0.25) is 17.7 Å². The average Bonchev–Trinajstić information content (AvgIpc) is 2.78. The van der Waals surface area contributed by atoms with Crippen LogP contribution in [0.5, 0.6) is 0 Å². The third kappa shape index (κ3) is 13.2. The fourth-order valence-electron chi connectivity index (χ4n) is 4.16. The van der Waals surface area contributed by atoms with Crippen molar-refractivity contribution in [2.75, 3.05) is 13.7 Å². The molecule has 182 valence electrons. The SMILES string of the molecule is CCCCC(CC)C[O][Sn]([CH2]CCC)([CH2]CCC)[O][Sn]([CH2]CCC)([CH2]CCC)[O]C. The second-order valence-electron chi connectivity index (χ2n) is 9.27. The van der Waals surface area contributed by atoms with Crippen molar-refractivity contribution in [1.82, 2.24) is 0 Å². The molecular formula is C25H56O3Sn2. The zero-order valence-electron chi connectivity index (χ0n) is 21.8. The van der Waals surface area contributed by atoms with E-state index in [0.29, 0.717) is 5.92 Å². The van der Waals surface area contributed by atoms with Gasteiger partial charge < -0.3 is 0 Å². The fraction of sp³-hybridized carbons (Fsp3) is 1.00. The van der Waals surface area contributed by atoms with E-state index in [2.05, 4.69) is 41.5 Å². The standard InChI is InChI=1S/C8H17O.4C4H9.CH3O.O.2Sn/c1-3-5-6-8(4-2)7-9;4*1-3-4-2;1-2;;;/h8H,3-7H2,1-2H3;4*1,3-4H2,2H3;1H3;;;/q-1;;;;;-1;;2*+1. The molecule has 0 aromatic heterocycles. The van der Waals surface area contributed by atoms with Crippen molar-refractivity contribution in [3.05, 3.63) is 0 Å². The van der Waals surface area contributed by atoms with Crippen LogP contribution < -0.4 is 0 Å². The van der Waals surface area contributed by atoms with E-state index in [9.17, 15) is 0 Å². The Kier molecular flexibility index (Phi) is 20.9. The van der Waals surface area contributed by atoms with Gasteiger partial charge in [0.15, 0.2) is 0 Å². The quantitative estimate of drug-likeness (QED) is 0.111. The second kappa shape index (κ2) is 19.9. The first kappa shape index (κ1) is 31.5. The fourth-order valence-corrected chi connectivity index (χ4v) is 46.3. The van der Waals surface area contributed by atoms with E-state index < -0.39 is 38.4 Å². The maximum atomic E-state index is 7.46. The van der Waals surface area contributed by atoms with Crippen LogP contribution in [0.4, 0.5) is 0 Å². The Morgan fingerprint density at radius 1 is 0.600 bits per heavy atom. The van der Waals surface area contributed by atoms with E-state index in [1.54, 1.807) is 0 Å². The van der Waals surface area contributed by atoms with Gasteiger partial charge in [-0.1, -0.05) is 0 Å². The minimum atomic E-state index is -3.18. The summed E-state index contributed by atoms with van der Waals surface area (Å²) in [5.74, 6) is 0.700. The number of hydrogen-bond acceptors (Lipinski definition) is 3. The van der Waals surface area contributed by atoms with Gasteiger partial charge in [-0.3, -0.25) is 0 Å². The first-order chi connectivity index (χ1) is 14.5. The van der Waals surface area contributed by atoms with Crippen molar-refractivity contribution in [1.29, 1.82) is 0 Å². The van der Waals surface area contributed by atoms with Crippen molar-refractivity contribution in [2.45, 2.75) is 136 Å². The molecular weight excluding hydrogens is 586 g/mol. The molecule has 0 saturated heterocycles. The van der Waals surface area contributed by atoms with Gasteiger partial charge in [0.25, 0.3) is 0 Å². The summed E-state index contributed by atoms with van der Waals surface area (Å²) in [5.41, 5.74) is 0. The number of rotatable bonds is 22. The van der Waals surface area contributed by atoms with Crippen molar-refractivity contribution < 1.29 is 7.56 Å². The molecule has 0 radical (unpaired) electrons. The molecule has 1 unspecified atom stereocenters. The van der Waals surface area contributed by atoms with Gasteiger partial charge in [-0.05, 0) is 0 Å². The van der Waals surface area contributed by atoms with Crippen LogP contribution >= 0.6 is 0 Å². The Labute approximate surface area is 200 Å². The Morgan fingerprint density at radius 3 is 1.40 bits per heavy atom. The Balaban J connectivity index is 5.68. The minimum absolute atomic E-state index is 0.700. The summed E-state index contributed by atoms with van der Waals surface area (Å²) in [4.78, 5) is 0. The van der Waals surface area contributed by atoms with Gasteiger partial charge in [0.1, 0.15) is 0 Å². The molecule has 0 heterocycles. The zero-order valence-corrected chi connectivity index (χ0v) is 27.5. The summed E-state index contributed by atoms with van der Waals surface area (Å²) < 4.78 is 25.8. The van der Waals surface area contributed by atoms with Crippen LogP contribution in [0.25, 0.3) is 0 Å². The molecule has 0 aliphatic carbocycles. The van der Waals surface area contributed by atoms with Crippen molar-refractivity contribution in [3.63, 3.8) is 0 Å². The summed E-state index contributed by atoms with van der Waals surface area (Å²) in [6.07, 6.45) is 15.1. The monoisotopic (exact) mass is 644 g/mol. The van der Waals surface area contributed by atoms with Crippen LogP contribution in [0, 0.1) is 5.92 Å². The van der Waals surface area contributed by atoms with Gasteiger partial charge in [-0.15, -0.1) is 0 Å². The predicted octanol–water partition coefficient (Wildman–Crippen LogP) is 8.97. The van der Waals surface area contributed by atoms with E-state index in [-0.39, 0.29) is 0 Å². The summed E-state index contributed by atoms with van der Waals surface area (Å²) in [6.45, 7) is 14.8. The van der Waals surface area contributed by atoms with E-state index in [1.165, 1.54) is 94.8 Å². The third-order valence-corrected chi connectivity index (χ3v) is 39.7. The van der Waals surface area contributed by atoms with Gasteiger partial charge >= 0.3 is 202 Å². The molecule has 0 aromatic rings. The molecule has 0 bridgehead atoms. The van der Waals surface area contributed by atoms with Crippen LogP contribution in [0.1, 0.15) is 119 Å². The molecule has 3 nitrogen and oxygen atoms in total. The van der Waals surface area contributed by atoms with Gasteiger partial charge in [0, 0.05) is 0 Å². The van der Waals surface area contributed by atoms with Crippen molar-refractivity contribution in [3.8, 4) is 0 Å². The Morgan fingerprint density at radius 2 is 1.03 bits per heavy atom. The molecule has 0 saturated carbocycles. The van der Waals surface area contributed by atoms with Crippen LogP contribution in [0.15, 0.2) is 0 Å². The summed E-state index contributed by atoms with van der Waals surface area (Å²) in [6, 6.07) is 0. The van der Waals surface area contributed by atoms with Crippen LogP contribution in [0.3, 0.4) is 0 Å². The first-order valence-corrected chi connectivity index (χ1v) is 26.1. The summed E-state index contributed by atoms with van der Waals surface area (Å²) >= 11 is -6.27. The second-order valence-corrected chi connectivity index (χ2v) is 31.9. The molecule has 1 atom stereocenters. The molecule has 30 heavy (non-hydrogen) atoms. The summed E-state index contributed by atoms with van der Waals surface area (Å²) in [5, 5.41) is 0. The molecule has 5 heteroatoms. The van der Waals surface area contributed by atoms with Crippen molar-refractivity contribution in [2.24, 2.45) is 5.92 Å². The zero-order chi connectivity index (χ0) is 22.7. The molecule has 0 N–H and O–H groups in total. The summed E-state index contributed by atoms with van der Waals surface area (Å²) in [7, 11) is 1.97. The van der Waals surface area contributed by atoms with Crippen LogP contribution in [-0.2, 0) is 7.56 Å². The topological polar surface area (TPSA) is 27.7 Å². The molecule has 0 aliphatic heterocycles. The van der Waals surface area contributed by atoms with E-state index in [4.69, 9.17) is 7.56 Å². The average molecular weight is 642 g/mol. The number of hydrogen-bond donors (Lipinski definition) is 0. The van der Waals surface area contributed by atoms with Gasteiger partial charge in [0.2, 0.25) is 0 Å². The molecule has 0 rings (SSSR count). The van der Waals surface area contributed by atoms with Gasteiger partial charge in [0.05, 0.1) is 0 Å². The molecule has 0 spiro atoms. The maximum absolute atomic E-state index is 7.46.